The summed E-state index contributed by atoms with van der Waals surface area (Å²) in [5.41, 5.74) is 9.93. The SMILES string of the molecule is c1ccc(-c2ccc(-c3c4ccccc4c(-c4cccc5c4ccc4cc6ccccc6cc45)c4ccc(-c5ccccc5)cc34)cc2)cc1. The molecule has 0 aliphatic heterocycles. The number of hydrogen-bond acceptors (Lipinski definition) is 0. The van der Waals surface area contributed by atoms with Crippen LogP contribution in [0.2, 0.25) is 0 Å². The minimum absolute atomic E-state index is 1.22. The zero-order valence-electron chi connectivity index (χ0n) is 27.5. The second-order valence-electron chi connectivity index (χ2n) is 13.3. The molecule has 0 radical (unpaired) electrons. The van der Waals surface area contributed by atoms with Gasteiger partial charge in [0.05, 0.1) is 0 Å². The van der Waals surface area contributed by atoms with E-state index in [0.717, 1.165) is 0 Å². The highest BCUT2D eigenvalue weighted by Crippen LogP contribution is 2.47. The van der Waals surface area contributed by atoms with E-state index in [0.29, 0.717) is 0 Å². The van der Waals surface area contributed by atoms with Crippen molar-refractivity contribution < 1.29 is 0 Å². The topological polar surface area (TPSA) is 0 Å². The summed E-state index contributed by atoms with van der Waals surface area (Å²) >= 11 is 0. The quantitative estimate of drug-likeness (QED) is 0.134. The summed E-state index contributed by atoms with van der Waals surface area (Å²) in [6.45, 7) is 0. The van der Waals surface area contributed by atoms with E-state index in [4.69, 9.17) is 0 Å². The molecule has 0 spiro atoms. The predicted octanol–water partition coefficient (Wildman–Crippen LogP) is 14.1. The summed E-state index contributed by atoms with van der Waals surface area (Å²) in [5, 5.41) is 12.7. The minimum Gasteiger partial charge on any atom is -0.0622 e. The van der Waals surface area contributed by atoms with Crippen LogP contribution in [0.15, 0.2) is 194 Å². The van der Waals surface area contributed by atoms with Gasteiger partial charge in [-0.15, -0.1) is 0 Å². The van der Waals surface area contributed by atoms with Gasteiger partial charge >= 0.3 is 0 Å². The van der Waals surface area contributed by atoms with E-state index in [1.54, 1.807) is 0 Å². The first-order chi connectivity index (χ1) is 24.8. The Kier molecular flexibility index (Phi) is 6.60. The molecule has 0 bridgehead atoms. The first-order valence-corrected chi connectivity index (χ1v) is 17.3. The fourth-order valence-corrected chi connectivity index (χ4v) is 8.05. The lowest BCUT2D eigenvalue weighted by molar-refractivity contribution is 1.61. The molecular formula is C50H32. The van der Waals surface area contributed by atoms with Gasteiger partial charge < -0.3 is 0 Å². The summed E-state index contributed by atoms with van der Waals surface area (Å²) in [7, 11) is 0. The molecule has 0 heteroatoms. The highest BCUT2D eigenvalue weighted by molar-refractivity contribution is 6.25. The molecule has 10 aromatic carbocycles. The summed E-state index contributed by atoms with van der Waals surface area (Å²) in [5.74, 6) is 0. The highest BCUT2D eigenvalue weighted by Gasteiger charge is 2.19. The van der Waals surface area contributed by atoms with Crippen molar-refractivity contribution in [1.82, 2.24) is 0 Å². The van der Waals surface area contributed by atoms with Crippen LogP contribution in [-0.4, -0.2) is 0 Å². The maximum Gasteiger partial charge on any atom is -0.00201 e. The maximum atomic E-state index is 2.41. The Bertz CT molecular complexity index is 2880. The Morgan fingerprint density at radius 1 is 0.200 bits per heavy atom. The summed E-state index contributed by atoms with van der Waals surface area (Å²) in [6, 6.07) is 71.4. The molecule has 0 saturated carbocycles. The Balaban J connectivity index is 1.28. The van der Waals surface area contributed by atoms with Crippen molar-refractivity contribution in [2.24, 2.45) is 0 Å². The van der Waals surface area contributed by atoms with Crippen LogP contribution >= 0.6 is 0 Å². The Morgan fingerprint density at radius 3 is 1.46 bits per heavy atom. The number of benzene rings is 10. The third-order valence-electron chi connectivity index (χ3n) is 10.4. The van der Waals surface area contributed by atoms with Crippen molar-refractivity contribution in [3.8, 4) is 44.5 Å². The van der Waals surface area contributed by atoms with Crippen molar-refractivity contribution >= 4 is 53.9 Å². The van der Waals surface area contributed by atoms with Crippen LogP contribution in [0, 0.1) is 0 Å². The lowest BCUT2D eigenvalue weighted by Gasteiger charge is -2.20. The minimum atomic E-state index is 1.22. The van der Waals surface area contributed by atoms with E-state index in [9.17, 15) is 0 Å². The summed E-state index contributed by atoms with van der Waals surface area (Å²) in [6.07, 6.45) is 0. The second kappa shape index (κ2) is 11.6. The molecule has 0 aliphatic carbocycles. The smallest absolute Gasteiger partial charge is 0.00201 e. The molecule has 0 nitrogen and oxygen atoms in total. The van der Waals surface area contributed by atoms with E-state index >= 15 is 0 Å². The van der Waals surface area contributed by atoms with Crippen molar-refractivity contribution in [2.45, 2.75) is 0 Å². The van der Waals surface area contributed by atoms with Gasteiger partial charge in [0.25, 0.3) is 0 Å². The molecule has 0 atom stereocenters. The summed E-state index contributed by atoms with van der Waals surface area (Å²) in [4.78, 5) is 0. The first kappa shape index (κ1) is 28.5. The molecule has 0 aliphatic rings. The molecule has 50 heavy (non-hydrogen) atoms. The Hall–Kier alpha value is -6.50. The van der Waals surface area contributed by atoms with Crippen LogP contribution in [0.5, 0.6) is 0 Å². The largest absolute Gasteiger partial charge is 0.0622 e. The third-order valence-corrected chi connectivity index (χ3v) is 10.4. The number of hydrogen-bond donors (Lipinski definition) is 0. The molecule has 0 unspecified atom stereocenters. The average Bonchev–Trinajstić information content (AvgIpc) is 3.19. The van der Waals surface area contributed by atoms with Gasteiger partial charge in [-0.1, -0.05) is 176 Å². The van der Waals surface area contributed by atoms with E-state index in [1.165, 1.54) is 98.4 Å². The first-order valence-electron chi connectivity index (χ1n) is 17.3. The van der Waals surface area contributed by atoms with Gasteiger partial charge in [0.1, 0.15) is 0 Å². The lowest BCUT2D eigenvalue weighted by atomic mass is 9.83. The molecule has 0 heterocycles. The molecule has 10 aromatic rings. The van der Waals surface area contributed by atoms with Crippen LogP contribution < -0.4 is 0 Å². The summed E-state index contributed by atoms with van der Waals surface area (Å²) < 4.78 is 0. The predicted molar refractivity (Wildman–Crippen MR) is 216 cm³/mol. The lowest BCUT2D eigenvalue weighted by Crippen LogP contribution is -1.93. The van der Waals surface area contributed by atoms with Gasteiger partial charge in [0.15, 0.2) is 0 Å². The van der Waals surface area contributed by atoms with Gasteiger partial charge in [-0.3, -0.25) is 0 Å². The standard InChI is InChI=1S/C50H32/c1-3-12-33(13-4-1)35-22-24-36(25-23-35)49-44-18-9-10-19-45(44)50(46-29-26-39(32-48(46)49)34-14-5-2-6-15-34)43-21-11-20-41-42(43)28-27-40-30-37-16-7-8-17-38(37)31-47(40)41/h1-32H. The van der Waals surface area contributed by atoms with E-state index in [-0.39, 0.29) is 0 Å². The zero-order chi connectivity index (χ0) is 33.0. The fraction of sp³-hybridized carbons (Fsp3) is 0. The van der Waals surface area contributed by atoms with Crippen molar-refractivity contribution in [2.75, 3.05) is 0 Å². The van der Waals surface area contributed by atoms with Crippen molar-refractivity contribution in [3.63, 3.8) is 0 Å². The monoisotopic (exact) mass is 632 g/mol. The average molecular weight is 633 g/mol. The third kappa shape index (κ3) is 4.61. The highest BCUT2D eigenvalue weighted by atomic mass is 14.2. The normalized spacial score (nSPS) is 11.6. The molecule has 232 valence electrons. The van der Waals surface area contributed by atoms with Crippen molar-refractivity contribution in [3.05, 3.63) is 194 Å². The molecule has 10 rings (SSSR count). The van der Waals surface area contributed by atoms with Crippen LogP contribution in [0.25, 0.3) is 98.4 Å². The Morgan fingerprint density at radius 2 is 0.720 bits per heavy atom. The molecular weight excluding hydrogens is 601 g/mol. The molecule has 0 fully saturated rings. The molecule has 0 saturated heterocycles. The van der Waals surface area contributed by atoms with Gasteiger partial charge in [0, 0.05) is 0 Å². The van der Waals surface area contributed by atoms with Crippen molar-refractivity contribution in [1.29, 1.82) is 0 Å². The van der Waals surface area contributed by atoms with Gasteiger partial charge in [-0.05, 0) is 117 Å². The number of rotatable bonds is 4. The number of fused-ring (bicyclic) bond motifs is 6. The van der Waals surface area contributed by atoms with Crippen LogP contribution in [0.4, 0.5) is 0 Å². The van der Waals surface area contributed by atoms with Crippen LogP contribution in [0.1, 0.15) is 0 Å². The molecule has 0 aromatic heterocycles. The van der Waals surface area contributed by atoms with Gasteiger partial charge in [-0.2, -0.15) is 0 Å². The van der Waals surface area contributed by atoms with E-state index in [1.807, 2.05) is 0 Å². The van der Waals surface area contributed by atoms with Crippen LogP contribution in [-0.2, 0) is 0 Å². The Labute approximate surface area is 291 Å². The van der Waals surface area contributed by atoms with Gasteiger partial charge in [-0.25, -0.2) is 0 Å². The molecule has 0 amide bonds. The second-order valence-corrected chi connectivity index (χ2v) is 13.3. The fourth-order valence-electron chi connectivity index (χ4n) is 8.05. The maximum absolute atomic E-state index is 2.41. The van der Waals surface area contributed by atoms with E-state index in [2.05, 4.69) is 194 Å². The van der Waals surface area contributed by atoms with Gasteiger partial charge in [0.2, 0.25) is 0 Å². The zero-order valence-corrected chi connectivity index (χ0v) is 27.5. The molecule has 0 N–H and O–H groups in total. The van der Waals surface area contributed by atoms with E-state index < -0.39 is 0 Å². The van der Waals surface area contributed by atoms with Crippen LogP contribution in [0.3, 0.4) is 0 Å².